The van der Waals surface area contributed by atoms with E-state index in [2.05, 4.69) is 50.0 Å². The van der Waals surface area contributed by atoms with E-state index in [4.69, 9.17) is 0 Å². The molecule has 0 spiro atoms. The molecule has 2 atom stereocenters. The lowest BCUT2D eigenvalue weighted by Gasteiger charge is -2.36. The monoisotopic (exact) mass is 298 g/mol. The molecular weight excluding hydrogens is 280 g/mol. The molecule has 4 nitrogen and oxygen atoms in total. The molecule has 0 aliphatic carbocycles. The molecule has 0 amide bonds. The highest BCUT2D eigenvalue weighted by atomic mass is 79.9. The third kappa shape index (κ3) is 2.54. The van der Waals surface area contributed by atoms with Gasteiger partial charge in [0.1, 0.15) is 22.4 Å². The number of nitrogens with one attached hydrogen (secondary N) is 1. The summed E-state index contributed by atoms with van der Waals surface area (Å²) in [6.45, 7) is 6.78. The fourth-order valence-corrected chi connectivity index (χ4v) is 2.86. The first-order valence-electron chi connectivity index (χ1n) is 6.06. The molecule has 17 heavy (non-hydrogen) atoms. The van der Waals surface area contributed by atoms with Crippen LogP contribution in [0.4, 0.5) is 11.6 Å². The molecule has 1 aliphatic heterocycles. The van der Waals surface area contributed by atoms with Crippen molar-refractivity contribution in [3.05, 3.63) is 10.8 Å². The molecule has 1 fully saturated rings. The summed E-state index contributed by atoms with van der Waals surface area (Å²) in [7, 11) is 1.87. The number of rotatable bonds is 2. The van der Waals surface area contributed by atoms with E-state index in [1.807, 2.05) is 7.05 Å². The van der Waals surface area contributed by atoms with Crippen molar-refractivity contribution in [1.82, 2.24) is 9.97 Å². The van der Waals surface area contributed by atoms with Crippen molar-refractivity contribution in [2.45, 2.75) is 20.3 Å². The van der Waals surface area contributed by atoms with Gasteiger partial charge in [0.15, 0.2) is 0 Å². The third-order valence-electron chi connectivity index (χ3n) is 3.64. The Kier molecular flexibility index (Phi) is 3.86. The Labute approximate surface area is 111 Å². The summed E-state index contributed by atoms with van der Waals surface area (Å²) in [6.07, 6.45) is 2.85. The Morgan fingerprint density at radius 1 is 1.35 bits per heavy atom. The summed E-state index contributed by atoms with van der Waals surface area (Å²) in [4.78, 5) is 10.9. The number of hydrogen-bond donors (Lipinski definition) is 1. The molecule has 94 valence electrons. The van der Waals surface area contributed by atoms with Crippen molar-refractivity contribution in [2.75, 3.05) is 30.4 Å². The van der Waals surface area contributed by atoms with E-state index in [0.717, 1.165) is 35.1 Å². The second-order valence-electron chi connectivity index (χ2n) is 4.80. The molecule has 1 saturated heterocycles. The highest BCUT2D eigenvalue weighted by Crippen LogP contribution is 2.33. The average Bonchev–Trinajstić information content (AvgIpc) is 2.33. The zero-order valence-electron chi connectivity index (χ0n) is 10.6. The van der Waals surface area contributed by atoms with Crippen molar-refractivity contribution in [2.24, 2.45) is 11.8 Å². The van der Waals surface area contributed by atoms with Crippen molar-refractivity contribution in [3.8, 4) is 0 Å². The van der Waals surface area contributed by atoms with Gasteiger partial charge >= 0.3 is 0 Å². The maximum atomic E-state index is 4.40. The van der Waals surface area contributed by atoms with Gasteiger partial charge in [0.2, 0.25) is 0 Å². The predicted octanol–water partition coefficient (Wildman–Crippen LogP) is 2.76. The Morgan fingerprint density at radius 2 is 2.12 bits per heavy atom. The van der Waals surface area contributed by atoms with E-state index in [-0.39, 0.29) is 0 Å². The zero-order valence-corrected chi connectivity index (χ0v) is 12.2. The number of aromatic nitrogens is 2. The van der Waals surface area contributed by atoms with Gasteiger partial charge in [-0.2, -0.15) is 0 Å². The summed E-state index contributed by atoms with van der Waals surface area (Å²) < 4.78 is 0.962. The van der Waals surface area contributed by atoms with E-state index >= 15 is 0 Å². The molecule has 2 heterocycles. The van der Waals surface area contributed by atoms with Crippen molar-refractivity contribution >= 4 is 27.6 Å². The summed E-state index contributed by atoms with van der Waals surface area (Å²) in [5, 5.41) is 3.07. The largest absolute Gasteiger partial charge is 0.372 e. The van der Waals surface area contributed by atoms with Gasteiger partial charge in [-0.15, -0.1) is 0 Å². The molecule has 1 aliphatic rings. The molecule has 1 aromatic heterocycles. The number of piperidine rings is 1. The molecule has 0 saturated carbocycles. The van der Waals surface area contributed by atoms with Gasteiger partial charge in [-0.1, -0.05) is 13.8 Å². The molecule has 2 rings (SSSR count). The smallest absolute Gasteiger partial charge is 0.148 e. The van der Waals surface area contributed by atoms with Crippen LogP contribution in [0.5, 0.6) is 0 Å². The molecule has 0 bridgehead atoms. The lowest BCUT2D eigenvalue weighted by molar-refractivity contribution is 0.322. The van der Waals surface area contributed by atoms with Gasteiger partial charge in [-0.05, 0) is 34.2 Å². The van der Waals surface area contributed by atoms with Crippen LogP contribution in [0.2, 0.25) is 0 Å². The van der Waals surface area contributed by atoms with Gasteiger partial charge < -0.3 is 10.2 Å². The lowest BCUT2D eigenvalue weighted by Crippen LogP contribution is -2.39. The minimum atomic E-state index is 0.712. The number of nitrogens with zero attached hydrogens (tertiary/aromatic N) is 3. The van der Waals surface area contributed by atoms with Crippen LogP contribution in [0.25, 0.3) is 0 Å². The van der Waals surface area contributed by atoms with Crippen molar-refractivity contribution in [1.29, 1.82) is 0 Å². The number of anilines is 2. The molecule has 1 N–H and O–H groups in total. The van der Waals surface area contributed by atoms with E-state index in [9.17, 15) is 0 Å². The van der Waals surface area contributed by atoms with E-state index < -0.39 is 0 Å². The van der Waals surface area contributed by atoms with Crippen LogP contribution < -0.4 is 10.2 Å². The Balaban J connectivity index is 2.23. The number of hydrogen-bond acceptors (Lipinski definition) is 4. The van der Waals surface area contributed by atoms with E-state index in [1.165, 1.54) is 6.42 Å². The Bertz CT molecular complexity index is 396. The topological polar surface area (TPSA) is 41.1 Å². The normalized spacial score (nSPS) is 24.8. The van der Waals surface area contributed by atoms with Gasteiger partial charge in [-0.25, -0.2) is 9.97 Å². The van der Waals surface area contributed by atoms with Gasteiger partial charge in [0.25, 0.3) is 0 Å². The standard InChI is InChI=1S/C12H19BrN4/c1-8-4-5-17(6-9(8)2)12-10(13)11(14-3)15-7-16-12/h7-9H,4-6H2,1-3H3,(H,14,15,16). The average molecular weight is 299 g/mol. The van der Waals surface area contributed by atoms with Crippen LogP contribution in [0.3, 0.4) is 0 Å². The quantitative estimate of drug-likeness (QED) is 0.911. The number of halogens is 1. The highest BCUT2D eigenvalue weighted by Gasteiger charge is 2.25. The SMILES string of the molecule is CNc1ncnc(N2CCC(C)C(C)C2)c1Br. The molecule has 2 unspecified atom stereocenters. The van der Waals surface area contributed by atoms with E-state index in [0.29, 0.717) is 5.92 Å². The van der Waals surface area contributed by atoms with Gasteiger partial charge in [-0.3, -0.25) is 0 Å². The summed E-state index contributed by atoms with van der Waals surface area (Å²) >= 11 is 3.58. The fraction of sp³-hybridized carbons (Fsp3) is 0.667. The second-order valence-corrected chi connectivity index (χ2v) is 5.59. The first-order chi connectivity index (χ1) is 8.13. The predicted molar refractivity (Wildman–Crippen MR) is 74.4 cm³/mol. The van der Waals surface area contributed by atoms with Crippen LogP contribution in [0, 0.1) is 11.8 Å². The summed E-state index contributed by atoms with van der Waals surface area (Å²) in [5.41, 5.74) is 0. The van der Waals surface area contributed by atoms with Crippen LogP contribution in [0.15, 0.2) is 10.8 Å². The van der Waals surface area contributed by atoms with Crippen molar-refractivity contribution < 1.29 is 0 Å². The first kappa shape index (κ1) is 12.6. The van der Waals surface area contributed by atoms with E-state index in [1.54, 1.807) is 6.33 Å². The van der Waals surface area contributed by atoms with Crippen LogP contribution in [-0.2, 0) is 0 Å². The molecule has 0 radical (unpaired) electrons. The molecule has 0 aromatic carbocycles. The zero-order chi connectivity index (χ0) is 12.4. The van der Waals surface area contributed by atoms with Gasteiger partial charge in [0, 0.05) is 20.1 Å². The summed E-state index contributed by atoms with van der Waals surface area (Å²) in [6, 6.07) is 0. The fourth-order valence-electron chi connectivity index (χ4n) is 2.21. The Hall–Kier alpha value is -0.840. The van der Waals surface area contributed by atoms with Gasteiger partial charge in [0.05, 0.1) is 0 Å². The minimum Gasteiger partial charge on any atom is -0.372 e. The molecule has 5 heteroatoms. The van der Waals surface area contributed by atoms with Crippen LogP contribution in [0.1, 0.15) is 20.3 Å². The minimum absolute atomic E-state index is 0.712. The Morgan fingerprint density at radius 3 is 2.76 bits per heavy atom. The third-order valence-corrected chi connectivity index (χ3v) is 4.37. The van der Waals surface area contributed by atoms with Crippen molar-refractivity contribution in [3.63, 3.8) is 0 Å². The highest BCUT2D eigenvalue weighted by molar-refractivity contribution is 9.10. The second kappa shape index (κ2) is 5.21. The molecular formula is C12H19BrN4. The van der Waals surface area contributed by atoms with Crippen LogP contribution in [-0.4, -0.2) is 30.1 Å². The lowest BCUT2D eigenvalue weighted by atomic mass is 9.89. The first-order valence-corrected chi connectivity index (χ1v) is 6.86. The summed E-state index contributed by atoms with van der Waals surface area (Å²) in [5.74, 6) is 3.36. The maximum absolute atomic E-state index is 4.40. The maximum Gasteiger partial charge on any atom is 0.148 e. The molecule has 1 aromatic rings. The van der Waals surface area contributed by atoms with Crippen LogP contribution >= 0.6 is 15.9 Å².